The topological polar surface area (TPSA) is 78.6 Å². The highest BCUT2D eigenvalue weighted by Crippen LogP contribution is 2.22. The first-order valence-electron chi connectivity index (χ1n) is 7.82. The van der Waals surface area contributed by atoms with Crippen molar-refractivity contribution in [2.24, 2.45) is 5.73 Å². The summed E-state index contributed by atoms with van der Waals surface area (Å²) in [5.74, 6) is -1.05. The van der Waals surface area contributed by atoms with Crippen LogP contribution in [0.2, 0.25) is 0 Å². The minimum atomic E-state index is -1.08. The number of hydrogen-bond donors (Lipinski definition) is 1. The number of hydrogen-bond acceptors (Lipinski definition) is 5. The maximum atomic E-state index is 12.3. The van der Waals surface area contributed by atoms with E-state index in [0.717, 1.165) is 5.56 Å². The predicted molar refractivity (Wildman–Crippen MR) is 90.0 cm³/mol. The van der Waals surface area contributed by atoms with Gasteiger partial charge in [-0.05, 0) is 18.1 Å². The monoisotopic (exact) mass is 327 g/mol. The Bertz CT molecular complexity index is 658. The molecule has 0 saturated heterocycles. The van der Waals surface area contributed by atoms with Crippen LogP contribution in [-0.4, -0.2) is 24.6 Å². The van der Waals surface area contributed by atoms with Gasteiger partial charge in [-0.3, -0.25) is 9.59 Å². The van der Waals surface area contributed by atoms with Gasteiger partial charge in [-0.1, -0.05) is 60.7 Å². The Morgan fingerprint density at radius 3 is 2.17 bits per heavy atom. The number of ether oxygens (including phenoxy) is 2. The molecule has 2 aromatic rings. The fraction of sp³-hybridized carbons (Fsp3) is 0.263. The summed E-state index contributed by atoms with van der Waals surface area (Å²) in [5.41, 5.74) is 7.45. The second-order valence-corrected chi connectivity index (χ2v) is 5.26. The van der Waals surface area contributed by atoms with Crippen molar-refractivity contribution in [3.05, 3.63) is 71.8 Å². The van der Waals surface area contributed by atoms with Gasteiger partial charge in [0.15, 0.2) is 6.10 Å². The lowest BCUT2D eigenvalue weighted by atomic mass is 10.0. The number of carbonyl (C=O) groups excluding carboxylic acids is 2. The molecule has 0 saturated carbocycles. The van der Waals surface area contributed by atoms with Crippen LogP contribution in [0.15, 0.2) is 60.7 Å². The summed E-state index contributed by atoms with van der Waals surface area (Å²) >= 11 is 0. The van der Waals surface area contributed by atoms with E-state index in [4.69, 9.17) is 15.2 Å². The van der Waals surface area contributed by atoms with Crippen LogP contribution < -0.4 is 5.73 Å². The molecule has 2 rings (SSSR count). The van der Waals surface area contributed by atoms with E-state index in [0.29, 0.717) is 5.56 Å². The van der Waals surface area contributed by atoms with Crippen molar-refractivity contribution in [1.29, 1.82) is 0 Å². The molecule has 0 spiro atoms. The lowest BCUT2D eigenvalue weighted by Gasteiger charge is -2.23. The maximum absolute atomic E-state index is 12.3. The van der Waals surface area contributed by atoms with Gasteiger partial charge in [0.25, 0.3) is 0 Å². The van der Waals surface area contributed by atoms with Crippen LogP contribution in [0.3, 0.4) is 0 Å². The smallest absolute Gasteiger partial charge is 0.327 e. The number of carbonyl (C=O) groups is 2. The molecule has 5 heteroatoms. The number of nitrogens with two attached hydrogens (primary N) is 1. The Morgan fingerprint density at radius 2 is 1.58 bits per heavy atom. The molecule has 24 heavy (non-hydrogen) atoms. The van der Waals surface area contributed by atoms with Crippen molar-refractivity contribution in [2.45, 2.75) is 25.5 Å². The quantitative estimate of drug-likeness (QED) is 0.790. The summed E-state index contributed by atoms with van der Waals surface area (Å²) in [7, 11) is 0. The molecule has 0 fully saturated rings. The zero-order valence-corrected chi connectivity index (χ0v) is 13.6. The van der Waals surface area contributed by atoms with Gasteiger partial charge in [-0.25, -0.2) is 0 Å². The highest BCUT2D eigenvalue weighted by atomic mass is 16.6. The summed E-state index contributed by atoms with van der Waals surface area (Å²) < 4.78 is 10.5. The number of benzene rings is 2. The summed E-state index contributed by atoms with van der Waals surface area (Å²) in [6, 6.07) is 17.1. The standard InChI is InChI=1S/C19H21NO4/c1-2-23-19(22)17(20)18(15-11-7-4-8-12-15)24-16(21)13-14-9-5-3-6-10-14/h3-12,17-18H,2,13,20H2,1H3. The molecule has 0 radical (unpaired) electrons. The third-order valence-electron chi connectivity index (χ3n) is 3.46. The van der Waals surface area contributed by atoms with Crippen LogP contribution in [-0.2, 0) is 25.5 Å². The van der Waals surface area contributed by atoms with Crippen molar-refractivity contribution >= 4 is 11.9 Å². The first-order valence-corrected chi connectivity index (χ1v) is 7.82. The molecular weight excluding hydrogens is 306 g/mol. The van der Waals surface area contributed by atoms with Gasteiger partial charge in [0.1, 0.15) is 6.04 Å². The average Bonchev–Trinajstić information content (AvgIpc) is 2.61. The Balaban J connectivity index is 2.13. The molecule has 2 unspecified atom stereocenters. The third kappa shape index (κ3) is 4.93. The molecule has 126 valence electrons. The number of rotatable bonds is 7. The molecule has 0 aromatic heterocycles. The number of esters is 2. The predicted octanol–water partition coefficient (Wildman–Crippen LogP) is 2.40. The van der Waals surface area contributed by atoms with Gasteiger partial charge in [-0.15, -0.1) is 0 Å². The van der Waals surface area contributed by atoms with E-state index in [-0.39, 0.29) is 13.0 Å². The SMILES string of the molecule is CCOC(=O)C(N)C(OC(=O)Cc1ccccc1)c1ccccc1. The summed E-state index contributed by atoms with van der Waals surface area (Å²) in [5, 5.41) is 0. The van der Waals surface area contributed by atoms with E-state index in [1.165, 1.54) is 0 Å². The van der Waals surface area contributed by atoms with Crippen molar-refractivity contribution < 1.29 is 19.1 Å². The summed E-state index contributed by atoms with van der Waals surface area (Å²) in [6.07, 6.45) is -0.777. The Labute approximate surface area is 141 Å². The lowest BCUT2D eigenvalue weighted by Crippen LogP contribution is -2.40. The van der Waals surface area contributed by atoms with E-state index in [2.05, 4.69) is 0 Å². The Morgan fingerprint density at radius 1 is 1.00 bits per heavy atom. The lowest BCUT2D eigenvalue weighted by molar-refractivity contribution is -0.157. The zero-order valence-electron chi connectivity index (χ0n) is 13.6. The van der Waals surface area contributed by atoms with Crippen LogP contribution >= 0.6 is 0 Å². The molecule has 0 heterocycles. The average molecular weight is 327 g/mol. The summed E-state index contributed by atoms with van der Waals surface area (Å²) in [6.45, 7) is 1.91. The first-order chi connectivity index (χ1) is 11.6. The van der Waals surface area contributed by atoms with Crippen molar-refractivity contribution in [2.75, 3.05) is 6.61 Å². The van der Waals surface area contributed by atoms with Crippen LogP contribution in [0.25, 0.3) is 0 Å². The van der Waals surface area contributed by atoms with Gasteiger partial charge in [-0.2, -0.15) is 0 Å². The molecular formula is C19H21NO4. The van der Waals surface area contributed by atoms with E-state index in [9.17, 15) is 9.59 Å². The van der Waals surface area contributed by atoms with Gasteiger partial charge < -0.3 is 15.2 Å². The Kier molecular flexibility index (Phi) is 6.51. The van der Waals surface area contributed by atoms with Crippen LogP contribution in [0.5, 0.6) is 0 Å². The van der Waals surface area contributed by atoms with Gasteiger partial charge in [0.2, 0.25) is 0 Å². The van der Waals surface area contributed by atoms with Crippen LogP contribution in [0, 0.1) is 0 Å². The molecule has 0 aliphatic heterocycles. The van der Waals surface area contributed by atoms with Crippen molar-refractivity contribution in [3.63, 3.8) is 0 Å². The van der Waals surface area contributed by atoms with Gasteiger partial charge >= 0.3 is 11.9 Å². The first kappa shape index (κ1) is 17.7. The Hall–Kier alpha value is -2.66. The maximum Gasteiger partial charge on any atom is 0.327 e. The molecule has 2 aromatic carbocycles. The van der Waals surface area contributed by atoms with Gasteiger partial charge in [0, 0.05) is 0 Å². The van der Waals surface area contributed by atoms with E-state index < -0.39 is 24.1 Å². The molecule has 0 amide bonds. The minimum Gasteiger partial charge on any atom is -0.465 e. The van der Waals surface area contributed by atoms with E-state index in [1.807, 2.05) is 36.4 Å². The fourth-order valence-corrected chi connectivity index (χ4v) is 2.30. The third-order valence-corrected chi connectivity index (χ3v) is 3.46. The van der Waals surface area contributed by atoms with Crippen molar-refractivity contribution in [3.8, 4) is 0 Å². The molecule has 0 aliphatic carbocycles. The van der Waals surface area contributed by atoms with Crippen molar-refractivity contribution in [1.82, 2.24) is 0 Å². The highest BCUT2D eigenvalue weighted by Gasteiger charge is 2.30. The molecule has 0 aliphatic rings. The minimum absolute atomic E-state index is 0.111. The molecule has 2 N–H and O–H groups in total. The molecule has 5 nitrogen and oxygen atoms in total. The highest BCUT2D eigenvalue weighted by molar-refractivity contribution is 5.78. The zero-order chi connectivity index (χ0) is 17.4. The van der Waals surface area contributed by atoms with Gasteiger partial charge in [0.05, 0.1) is 13.0 Å². The second-order valence-electron chi connectivity index (χ2n) is 5.26. The normalized spacial score (nSPS) is 12.9. The van der Waals surface area contributed by atoms with Crippen LogP contribution in [0.4, 0.5) is 0 Å². The fourth-order valence-electron chi connectivity index (χ4n) is 2.30. The van der Waals surface area contributed by atoms with E-state index in [1.54, 1.807) is 31.2 Å². The van der Waals surface area contributed by atoms with E-state index >= 15 is 0 Å². The second kappa shape index (κ2) is 8.84. The van der Waals surface area contributed by atoms with Crippen LogP contribution in [0.1, 0.15) is 24.2 Å². The molecule has 2 atom stereocenters. The summed E-state index contributed by atoms with van der Waals surface area (Å²) in [4.78, 5) is 24.2. The molecule has 0 bridgehead atoms. The largest absolute Gasteiger partial charge is 0.465 e.